The molecule has 6 nitrogen and oxygen atoms in total. The molecule has 33 heavy (non-hydrogen) atoms. The highest BCUT2D eigenvalue weighted by Gasteiger charge is 2.61. The van der Waals surface area contributed by atoms with Gasteiger partial charge in [0, 0.05) is 50.2 Å². The van der Waals surface area contributed by atoms with E-state index in [9.17, 15) is 4.79 Å². The van der Waals surface area contributed by atoms with Gasteiger partial charge in [0.25, 0.3) is 0 Å². The van der Waals surface area contributed by atoms with Gasteiger partial charge in [-0.1, -0.05) is 48.5 Å². The van der Waals surface area contributed by atoms with Crippen LogP contribution < -0.4 is 5.32 Å². The average molecular weight is 449 g/mol. The van der Waals surface area contributed by atoms with Crippen molar-refractivity contribution in [2.45, 2.75) is 43.6 Å². The molecular formula is C27H32N2O4. The summed E-state index contributed by atoms with van der Waals surface area (Å²) in [6.07, 6.45) is 1.14. The van der Waals surface area contributed by atoms with E-state index >= 15 is 0 Å². The Morgan fingerprint density at radius 1 is 1.06 bits per heavy atom. The molecule has 1 fully saturated rings. The van der Waals surface area contributed by atoms with Crippen LogP contribution in [0.25, 0.3) is 0 Å². The fourth-order valence-corrected chi connectivity index (χ4v) is 6.49. The lowest BCUT2D eigenvalue weighted by Gasteiger charge is -2.46. The van der Waals surface area contributed by atoms with Gasteiger partial charge in [-0.15, -0.1) is 0 Å². The van der Waals surface area contributed by atoms with Crippen LogP contribution in [-0.2, 0) is 24.4 Å². The van der Waals surface area contributed by atoms with Crippen LogP contribution in [0.3, 0.4) is 0 Å². The van der Waals surface area contributed by atoms with Crippen molar-refractivity contribution in [1.82, 2.24) is 4.90 Å². The first-order valence-corrected chi connectivity index (χ1v) is 11.6. The van der Waals surface area contributed by atoms with E-state index in [0.29, 0.717) is 5.57 Å². The van der Waals surface area contributed by atoms with Crippen LogP contribution >= 0.6 is 0 Å². The Bertz CT molecular complexity index is 1060. The normalized spacial score (nSPS) is 27.1. The summed E-state index contributed by atoms with van der Waals surface area (Å²) in [5.41, 5.74) is 4.95. The molecule has 5 rings (SSSR count). The molecule has 1 N–H and O–H groups in total. The van der Waals surface area contributed by atoms with E-state index in [1.807, 2.05) is 6.07 Å². The van der Waals surface area contributed by atoms with Crippen molar-refractivity contribution in [3.05, 3.63) is 77.0 Å². The highest BCUT2D eigenvalue weighted by atomic mass is 16.7. The van der Waals surface area contributed by atoms with Gasteiger partial charge in [0.1, 0.15) is 0 Å². The lowest BCUT2D eigenvalue weighted by atomic mass is 9.64. The Labute approximate surface area is 195 Å². The number of nitrogens with zero attached hydrogens (tertiary/aromatic N) is 1. The van der Waals surface area contributed by atoms with Gasteiger partial charge in [-0.3, -0.25) is 4.90 Å². The summed E-state index contributed by atoms with van der Waals surface area (Å²) in [4.78, 5) is 15.8. The van der Waals surface area contributed by atoms with Crippen molar-refractivity contribution in [2.24, 2.45) is 5.92 Å². The van der Waals surface area contributed by atoms with Gasteiger partial charge >= 0.3 is 5.97 Å². The minimum absolute atomic E-state index is 0.185. The van der Waals surface area contributed by atoms with Crippen molar-refractivity contribution in [3.63, 3.8) is 0 Å². The number of carbonyl (C=O) groups excluding carboxylic acids is 1. The molecule has 1 saturated heterocycles. The lowest BCUT2D eigenvalue weighted by molar-refractivity contribution is -0.150. The number of carbonyl (C=O) groups is 1. The van der Waals surface area contributed by atoms with Gasteiger partial charge in [0.2, 0.25) is 0 Å². The molecule has 0 radical (unpaired) electrons. The molecule has 3 aliphatic rings. The predicted molar refractivity (Wildman–Crippen MR) is 127 cm³/mol. The zero-order valence-electron chi connectivity index (χ0n) is 19.7. The Morgan fingerprint density at radius 2 is 1.76 bits per heavy atom. The van der Waals surface area contributed by atoms with E-state index in [1.165, 1.54) is 18.2 Å². The number of esters is 1. The summed E-state index contributed by atoms with van der Waals surface area (Å²) in [6.45, 7) is 3.22. The summed E-state index contributed by atoms with van der Waals surface area (Å²) < 4.78 is 16.7. The number of para-hydroxylation sites is 1. The molecule has 0 amide bonds. The van der Waals surface area contributed by atoms with Crippen molar-refractivity contribution < 1.29 is 19.0 Å². The molecule has 2 heterocycles. The van der Waals surface area contributed by atoms with Gasteiger partial charge in [0.05, 0.1) is 18.1 Å². The number of benzene rings is 2. The van der Waals surface area contributed by atoms with Crippen LogP contribution in [0.15, 0.2) is 65.9 Å². The fraction of sp³-hybridized carbons (Fsp3) is 0.444. The zero-order valence-corrected chi connectivity index (χ0v) is 19.7. The summed E-state index contributed by atoms with van der Waals surface area (Å²) in [6, 6.07) is 19.5. The maximum Gasteiger partial charge on any atom is 0.336 e. The number of methoxy groups -OCH3 is 3. The standard InChI is InChI=1S/C27H32N2O4/c1-17(18-10-6-5-7-11-18)29-15-14-27-20-12-8-9-13-21(20)28-24(27)23(25(30)31-2)19(16-22(27)29)26(32-3)33-4/h5-13,17,19,22,26,28H,14-16H2,1-4H3/t17-,19?,22?,27?/m0/s1. The third-order valence-corrected chi connectivity index (χ3v) is 7.94. The second-order valence-electron chi connectivity index (χ2n) is 9.19. The van der Waals surface area contributed by atoms with Crippen molar-refractivity contribution >= 4 is 11.7 Å². The number of anilines is 1. The molecular weight excluding hydrogens is 416 g/mol. The number of hydrogen-bond acceptors (Lipinski definition) is 6. The summed E-state index contributed by atoms with van der Waals surface area (Å²) in [5.74, 6) is -0.562. The Hall–Kier alpha value is -2.67. The first kappa shape index (κ1) is 22.1. The van der Waals surface area contributed by atoms with Crippen molar-refractivity contribution in [2.75, 3.05) is 33.2 Å². The molecule has 2 aromatic rings. The number of ether oxygens (including phenoxy) is 3. The topological polar surface area (TPSA) is 60.0 Å². The highest BCUT2D eigenvalue weighted by Crippen LogP contribution is 2.60. The van der Waals surface area contributed by atoms with E-state index < -0.39 is 6.29 Å². The number of likely N-dealkylation sites (tertiary alicyclic amines) is 1. The first-order valence-electron chi connectivity index (χ1n) is 11.6. The number of nitrogens with one attached hydrogen (secondary N) is 1. The van der Waals surface area contributed by atoms with Gasteiger partial charge in [-0.25, -0.2) is 4.79 Å². The second-order valence-corrected chi connectivity index (χ2v) is 9.19. The van der Waals surface area contributed by atoms with Crippen LogP contribution in [0.5, 0.6) is 0 Å². The Morgan fingerprint density at radius 3 is 2.45 bits per heavy atom. The molecule has 0 saturated carbocycles. The van der Waals surface area contributed by atoms with Crippen LogP contribution in [0.2, 0.25) is 0 Å². The largest absolute Gasteiger partial charge is 0.466 e. The third kappa shape index (κ3) is 3.23. The van der Waals surface area contributed by atoms with E-state index in [2.05, 4.69) is 65.7 Å². The van der Waals surface area contributed by atoms with Gasteiger partial charge in [-0.05, 0) is 37.0 Å². The Kier molecular flexibility index (Phi) is 5.77. The Balaban J connectivity index is 1.69. The van der Waals surface area contributed by atoms with E-state index in [1.54, 1.807) is 14.2 Å². The molecule has 1 spiro atoms. The molecule has 4 atom stereocenters. The molecule has 0 aromatic heterocycles. The summed E-state index contributed by atoms with van der Waals surface area (Å²) >= 11 is 0. The van der Waals surface area contributed by atoms with Gasteiger partial charge < -0.3 is 19.5 Å². The maximum atomic E-state index is 13.2. The van der Waals surface area contributed by atoms with Crippen molar-refractivity contribution in [3.8, 4) is 0 Å². The van der Waals surface area contributed by atoms with E-state index in [-0.39, 0.29) is 29.4 Å². The molecule has 1 aliphatic carbocycles. The smallest absolute Gasteiger partial charge is 0.336 e. The van der Waals surface area contributed by atoms with Gasteiger partial charge in [0.15, 0.2) is 6.29 Å². The third-order valence-electron chi connectivity index (χ3n) is 7.94. The SMILES string of the molecule is COC(=O)C1=C2Nc3ccccc3C23CCN([C@@H](C)c2ccccc2)C3CC1C(OC)OC. The highest BCUT2D eigenvalue weighted by molar-refractivity contribution is 5.93. The molecule has 2 aromatic carbocycles. The maximum absolute atomic E-state index is 13.2. The second kappa shape index (κ2) is 8.60. The van der Waals surface area contributed by atoms with Crippen LogP contribution in [-0.4, -0.2) is 51.1 Å². The zero-order chi connectivity index (χ0) is 23.2. The van der Waals surface area contributed by atoms with Crippen molar-refractivity contribution in [1.29, 1.82) is 0 Å². The minimum Gasteiger partial charge on any atom is -0.466 e. The monoisotopic (exact) mass is 448 g/mol. The van der Waals surface area contributed by atoms with Crippen LogP contribution in [0.1, 0.15) is 36.9 Å². The van der Waals surface area contributed by atoms with Crippen LogP contribution in [0, 0.1) is 5.92 Å². The predicted octanol–water partition coefficient (Wildman–Crippen LogP) is 4.25. The molecule has 2 aliphatic heterocycles. The van der Waals surface area contributed by atoms with Crippen LogP contribution in [0.4, 0.5) is 5.69 Å². The number of fused-ring (bicyclic) bond motifs is 1. The molecule has 6 heteroatoms. The average Bonchev–Trinajstić information content (AvgIpc) is 3.41. The minimum atomic E-state index is -0.537. The quantitative estimate of drug-likeness (QED) is 0.527. The van der Waals surface area contributed by atoms with E-state index in [0.717, 1.165) is 30.8 Å². The number of hydrogen-bond donors (Lipinski definition) is 1. The number of rotatable bonds is 6. The van der Waals surface area contributed by atoms with Gasteiger partial charge in [-0.2, -0.15) is 0 Å². The molecule has 174 valence electrons. The summed E-state index contributed by atoms with van der Waals surface area (Å²) in [5, 5.41) is 3.64. The van der Waals surface area contributed by atoms with E-state index in [4.69, 9.17) is 14.2 Å². The molecule has 0 bridgehead atoms. The summed E-state index contributed by atoms with van der Waals surface area (Å²) in [7, 11) is 4.71. The lowest BCUT2D eigenvalue weighted by Crippen LogP contribution is -2.51. The first-order chi connectivity index (χ1) is 16.1. The fourth-order valence-electron chi connectivity index (χ4n) is 6.49. The molecule has 3 unspecified atom stereocenters.